The highest BCUT2D eigenvalue weighted by atomic mass is 16.5. The summed E-state index contributed by atoms with van der Waals surface area (Å²) in [7, 11) is 1.82. The number of hydrogen-bond acceptors (Lipinski definition) is 3. The number of hydrogen-bond donors (Lipinski definition) is 1. The Hall–Kier alpha value is -1.09. The fourth-order valence-corrected chi connectivity index (χ4v) is 3.66. The zero-order valence-electron chi connectivity index (χ0n) is 12.5. The lowest BCUT2D eigenvalue weighted by atomic mass is 9.65. The van der Waals surface area contributed by atoms with E-state index in [0.717, 1.165) is 12.1 Å². The molecule has 0 unspecified atom stereocenters. The molecule has 0 radical (unpaired) electrons. The first-order valence-electron chi connectivity index (χ1n) is 7.27. The van der Waals surface area contributed by atoms with Gasteiger partial charge in [-0.2, -0.15) is 0 Å². The van der Waals surface area contributed by atoms with Crippen molar-refractivity contribution in [2.24, 2.45) is 17.8 Å². The Morgan fingerprint density at radius 2 is 2.11 bits per heavy atom. The highest BCUT2D eigenvalue weighted by Crippen LogP contribution is 2.48. The second-order valence-electron chi connectivity index (χ2n) is 6.28. The Kier molecular flexibility index (Phi) is 4.14. The molecule has 1 aromatic rings. The lowest BCUT2D eigenvalue weighted by Gasteiger charge is -2.47. The molecule has 0 amide bonds. The molecular formula is C16H26N2O. The maximum atomic E-state index is 6.05. The highest BCUT2D eigenvalue weighted by Gasteiger charge is 2.46. The van der Waals surface area contributed by atoms with Gasteiger partial charge in [0.1, 0.15) is 11.4 Å². The molecule has 0 saturated heterocycles. The van der Waals surface area contributed by atoms with Gasteiger partial charge in [0.15, 0.2) is 0 Å². The van der Waals surface area contributed by atoms with Gasteiger partial charge < -0.3 is 10.5 Å². The number of nitrogens with zero attached hydrogens (tertiary/aromatic N) is 1. The minimum atomic E-state index is -0.277. The second-order valence-corrected chi connectivity index (χ2v) is 6.28. The van der Waals surface area contributed by atoms with Gasteiger partial charge in [0.25, 0.3) is 0 Å². The van der Waals surface area contributed by atoms with Gasteiger partial charge >= 0.3 is 0 Å². The molecule has 2 N–H and O–H groups in total. The van der Waals surface area contributed by atoms with E-state index in [1.807, 2.05) is 19.2 Å². The number of aromatic nitrogens is 1. The van der Waals surface area contributed by atoms with Crippen LogP contribution in [-0.4, -0.2) is 12.1 Å². The monoisotopic (exact) mass is 262 g/mol. The summed E-state index contributed by atoms with van der Waals surface area (Å²) < 4.78 is 6.05. The minimum Gasteiger partial charge on any atom is -0.384 e. The molecule has 0 aliphatic heterocycles. The van der Waals surface area contributed by atoms with Crippen molar-refractivity contribution in [2.75, 3.05) is 12.8 Å². The second kappa shape index (κ2) is 5.49. The quantitative estimate of drug-likeness (QED) is 0.905. The molecule has 0 aromatic carbocycles. The maximum Gasteiger partial charge on any atom is 0.123 e. The van der Waals surface area contributed by atoms with E-state index in [4.69, 9.17) is 10.5 Å². The third-order valence-electron chi connectivity index (χ3n) is 4.59. The van der Waals surface area contributed by atoms with Crippen molar-refractivity contribution in [3.05, 3.63) is 23.9 Å². The van der Waals surface area contributed by atoms with Gasteiger partial charge in [0.05, 0.1) is 5.69 Å². The third-order valence-corrected chi connectivity index (χ3v) is 4.59. The van der Waals surface area contributed by atoms with Gasteiger partial charge in [-0.3, -0.25) is 0 Å². The normalized spacial score (nSPS) is 31.6. The van der Waals surface area contributed by atoms with Crippen LogP contribution in [0.15, 0.2) is 18.2 Å². The van der Waals surface area contributed by atoms with Crippen LogP contribution in [0, 0.1) is 17.8 Å². The van der Waals surface area contributed by atoms with Gasteiger partial charge in [-0.05, 0) is 42.7 Å². The Bertz CT molecular complexity index is 433. The van der Waals surface area contributed by atoms with Gasteiger partial charge in [-0.15, -0.1) is 0 Å². The molecule has 1 fully saturated rings. The number of rotatable bonds is 3. The van der Waals surface area contributed by atoms with Gasteiger partial charge in [0.2, 0.25) is 0 Å². The molecule has 1 aliphatic carbocycles. The number of methoxy groups -OCH3 is 1. The van der Waals surface area contributed by atoms with Crippen LogP contribution >= 0.6 is 0 Å². The number of nitrogens with two attached hydrogens (primary N) is 1. The van der Waals surface area contributed by atoms with Crippen LogP contribution in [-0.2, 0) is 10.3 Å². The predicted molar refractivity (Wildman–Crippen MR) is 78.7 cm³/mol. The molecule has 1 heterocycles. The van der Waals surface area contributed by atoms with Gasteiger partial charge in [-0.1, -0.05) is 33.3 Å². The molecule has 3 nitrogen and oxygen atoms in total. The molecule has 3 heteroatoms. The summed E-state index contributed by atoms with van der Waals surface area (Å²) in [5.41, 5.74) is 6.59. The van der Waals surface area contributed by atoms with Crippen molar-refractivity contribution in [2.45, 2.75) is 45.6 Å². The molecule has 19 heavy (non-hydrogen) atoms. The summed E-state index contributed by atoms with van der Waals surface area (Å²) in [5, 5.41) is 0. The summed E-state index contributed by atoms with van der Waals surface area (Å²) in [6.07, 6.45) is 3.50. The summed E-state index contributed by atoms with van der Waals surface area (Å²) in [6, 6.07) is 5.88. The number of pyridine rings is 1. The average Bonchev–Trinajstić information content (AvgIpc) is 2.38. The first-order valence-corrected chi connectivity index (χ1v) is 7.27. The molecule has 0 spiro atoms. The maximum absolute atomic E-state index is 6.05. The third kappa shape index (κ3) is 2.62. The van der Waals surface area contributed by atoms with Crippen LogP contribution in [0.4, 0.5) is 5.82 Å². The van der Waals surface area contributed by atoms with E-state index in [-0.39, 0.29) is 5.60 Å². The fourth-order valence-electron chi connectivity index (χ4n) is 3.66. The fraction of sp³-hybridized carbons (Fsp3) is 0.688. The topological polar surface area (TPSA) is 48.1 Å². The van der Waals surface area contributed by atoms with Crippen molar-refractivity contribution < 1.29 is 4.74 Å². The number of ether oxygens (including phenoxy) is 1. The van der Waals surface area contributed by atoms with E-state index in [1.54, 1.807) is 0 Å². The van der Waals surface area contributed by atoms with Crippen LogP contribution in [0.3, 0.4) is 0 Å². The summed E-state index contributed by atoms with van der Waals surface area (Å²) in [4.78, 5) is 4.56. The van der Waals surface area contributed by atoms with Gasteiger partial charge in [0, 0.05) is 7.11 Å². The molecule has 2 rings (SSSR count). The molecule has 1 aromatic heterocycles. The predicted octanol–water partition coefficient (Wildman–Crippen LogP) is 3.60. The summed E-state index contributed by atoms with van der Waals surface area (Å²) in [5.74, 6) is 2.33. The van der Waals surface area contributed by atoms with Crippen molar-refractivity contribution in [3.8, 4) is 0 Å². The Balaban J connectivity index is 2.47. The smallest absolute Gasteiger partial charge is 0.123 e. The van der Waals surface area contributed by atoms with Crippen molar-refractivity contribution >= 4 is 5.82 Å². The number of nitrogen functional groups attached to an aromatic ring is 1. The van der Waals surface area contributed by atoms with Crippen LogP contribution in [0.1, 0.15) is 45.7 Å². The summed E-state index contributed by atoms with van der Waals surface area (Å²) in [6.45, 7) is 6.86. The minimum absolute atomic E-state index is 0.277. The van der Waals surface area contributed by atoms with Crippen molar-refractivity contribution in [1.29, 1.82) is 0 Å². The zero-order valence-corrected chi connectivity index (χ0v) is 12.5. The van der Waals surface area contributed by atoms with E-state index >= 15 is 0 Å². The molecule has 3 atom stereocenters. The van der Waals surface area contributed by atoms with Gasteiger partial charge in [-0.25, -0.2) is 4.98 Å². The molecule has 1 aliphatic rings. The van der Waals surface area contributed by atoms with Crippen LogP contribution in [0.5, 0.6) is 0 Å². The van der Waals surface area contributed by atoms with E-state index < -0.39 is 0 Å². The summed E-state index contributed by atoms with van der Waals surface area (Å²) >= 11 is 0. The Morgan fingerprint density at radius 3 is 2.68 bits per heavy atom. The number of anilines is 1. The van der Waals surface area contributed by atoms with E-state index in [0.29, 0.717) is 23.6 Å². The molecular weight excluding hydrogens is 236 g/mol. The van der Waals surface area contributed by atoms with Crippen LogP contribution in [0.2, 0.25) is 0 Å². The Labute approximate surface area is 116 Å². The van der Waals surface area contributed by atoms with E-state index in [9.17, 15) is 0 Å². The largest absolute Gasteiger partial charge is 0.384 e. The lowest BCUT2D eigenvalue weighted by molar-refractivity contribution is -0.119. The lowest BCUT2D eigenvalue weighted by Crippen LogP contribution is -2.45. The first kappa shape index (κ1) is 14.3. The van der Waals surface area contributed by atoms with E-state index in [1.165, 1.54) is 12.8 Å². The van der Waals surface area contributed by atoms with Crippen molar-refractivity contribution in [1.82, 2.24) is 4.98 Å². The Morgan fingerprint density at radius 1 is 1.37 bits per heavy atom. The van der Waals surface area contributed by atoms with Crippen LogP contribution < -0.4 is 5.73 Å². The van der Waals surface area contributed by atoms with Crippen molar-refractivity contribution in [3.63, 3.8) is 0 Å². The molecule has 0 bridgehead atoms. The average molecular weight is 262 g/mol. The first-order chi connectivity index (χ1) is 8.99. The van der Waals surface area contributed by atoms with Crippen LogP contribution in [0.25, 0.3) is 0 Å². The molecule has 1 saturated carbocycles. The standard InChI is InChI=1S/C16H26N2O/c1-11(2)13-9-8-12(3)10-16(13,19-4)14-6-5-7-15(17)18-14/h5-7,11-13H,8-10H2,1-4H3,(H2,17,18)/t12-,13+,16-/m1/s1. The molecule has 106 valence electrons. The van der Waals surface area contributed by atoms with E-state index in [2.05, 4.69) is 31.8 Å². The highest BCUT2D eigenvalue weighted by molar-refractivity contribution is 5.31. The zero-order chi connectivity index (χ0) is 14.0. The SMILES string of the molecule is CO[C@]1(c2cccc(N)n2)C[C@H](C)CC[C@H]1C(C)C.